The summed E-state index contributed by atoms with van der Waals surface area (Å²) in [5.74, 6) is 2.04. The van der Waals surface area contributed by atoms with E-state index in [4.69, 9.17) is 35.4 Å². The Kier molecular flexibility index (Phi) is 15.7. The Morgan fingerprint density at radius 2 is 1.32 bits per heavy atom. The Balaban J connectivity index is 0.875. The van der Waals surface area contributed by atoms with E-state index in [0.29, 0.717) is 92.4 Å². The molecule has 59 heavy (non-hydrogen) atoms. The minimum atomic E-state index is -0.436. The largest absolute Gasteiger partial charge is 0.493 e. The second-order valence-electron chi connectivity index (χ2n) is 14.6. The van der Waals surface area contributed by atoms with Gasteiger partial charge in [0.25, 0.3) is 5.91 Å². The Morgan fingerprint density at radius 3 is 1.93 bits per heavy atom. The van der Waals surface area contributed by atoms with Crippen molar-refractivity contribution >= 4 is 28.9 Å². The molecule has 0 saturated carbocycles. The number of unbranched alkanes of at least 4 members (excludes halogenated alkanes) is 7. The number of methoxy groups -OCH3 is 2. The number of carbonyl (C=O) groups is 1. The van der Waals surface area contributed by atoms with Gasteiger partial charge in [-0.05, 0) is 89.7 Å². The van der Waals surface area contributed by atoms with Crippen molar-refractivity contribution in [2.24, 2.45) is 5.16 Å². The molecule has 2 unspecified atom stereocenters. The van der Waals surface area contributed by atoms with E-state index in [0.717, 1.165) is 62.5 Å². The molecule has 2 aliphatic rings. The zero-order valence-corrected chi connectivity index (χ0v) is 34.4. The molecule has 14 heteroatoms. The highest BCUT2D eigenvalue weighted by Gasteiger charge is 2.29. The van der Waals surface area contributed by atoms with Gasteiger partial charge >= 0.3 is 0 Å². The molecule has 0 bridgehead atoms. The second kappa shape index (κ2) is 21.3. The number of hydrogen-bond acceptors (Lipinski definition) is 12. The highest BCUT2D eigenvalue weighted by atomic mass is 35.5. The van der Waals surface area contributed by atoms with Gasteiger partial charge in [0, 0.05) is 33.8 Å². The highest BCUT2D eigenvalue weighted by molar-refractivity contribution is 6.31. The predicted molar refractivity (Wildman–Crippen MR) is 224 cm³/mol. The number of rotatable bonds is 22. The monoisotopic (exact) mass is 831 g/mol. The fourth-order valence-electron chi connectivity index (χ4n) is 7.47. The molecular formula is C45H54ClN3O10. The molecule has 0 radical (unpaired) electrons. The molecule has 0 aliphatic carbocycles. The third kappa shape index (κ3) is 10.8. The Hall–Kier alpha value is -5.05. The summed E-state index contributed by atoms with van der Waals surface area (Å²) in [5.41, 5.74) is 6.46. The van der Waals surface area contributed by atoms with Crippen molar-refractivity contribution < 1.29 is 49.0 Å². The number of benzene rings is 4. The van der Waals surface area contributed by atoms with Gasteiger partial charge in [0.05, 0.1) is 65.1 Å². The van der Waals surface area contributed by atoms with Gasteiger partial charge in [-0.3, -0.25) is 4.79 Å². The molecule has 0 spiro atoms. The van der Waals surface area contributed by atoms with Crippen molar-refractivity contribution in [3.63, 3.8) is 0 Å². The second-order valence-corrected chi connectivity index (χ2v) is 15.1. The van der Waals surface area contributed by atoms with Crippen molar-refractivity contribution in [1.29, 1.82) is 0 Å². The van der Waals surface area contributed by atoms with Crippen LogP contribution in [0, 0.1) is 0 Å². The number of aliphatic hydroxyl groups excluding tert-OH is 4. The average Bonchev–Trinajstić information content (AvgIpc) is 3.77. The van der Waals surface area contributed by atoms with Crippen molar-refractivity contribution in [3.8, 4) is 23.0 Å². The van der Waals surface area contributed by atoms with Crippen LogP contribution >= 0.6 is 11.6 Å². The summed E-state index contributed by atoms with van der Waals surface area (Å²) in [6, 6.07) is 18.0. The molecule has 6 N–H and O–H groups in total. The van der Waals surface area contributed by atoms with E-state index < -0.39 is 12.3 Å². The fraction of sp³-hybridized carbons (Fsp3) is 0.422. The molecule has 2 atom stereocenters. The molecule has 0 aromatic heterocycles. The summed E-state index contributed by atoms with van der Waals surface area (Å²) in [6.07, 6.45) is 8.02. The first-order valence-corrected chi connectivity index (χ1v) is 20.5. The number of amides is 1. The number of aliphatic hydroxyl groups is 4. The number of fused-ring (bicyclic) bond motifs is 1. The molecule has 1 amide bonds. The third-order valence-electron chi connectivity index (χ3n) is 10.7. The number of halogens is 1. The smallest absolute Gasteiger partial charge is 0.255 e. The van der Waals surface area contributed by atoms with E-state index in [2.05, 4.69) is 15.8 Å². The quantitative estimate of drug-likeness (QED) is 0.0429. The van der Waals surface area contributed by atoms with Crippen molar-refractivity contribution in [2.75, 3.05) is 32.8 Å². The van der Waals surface area contributed by atoms with Crippen LogP contribution in [0.3, 0.4) is 0 Å². The summed E-state index contributed by atoms with van der Waals surface area (Å²) < 4.78 is 23.6. The maximum absolute atomic E-state index is 12.7. The van der Waals surface area contributed by atoms with Crippen molar-refractivity contribution in [1.82, 2.24) is 5.32 Å². The number of ether oxygens (including phenoxy) is 4. The van der Waals surface area contributed by atoms with E-state index in [1.807, 2.05) is 30.3 Å². The standard InChI is InChI=1S/C45H54ClN3O10/c1-55-41-20-30(40-23-38(49-59-40)29-18-31(24-50)36(27-53)32(19-29)25-51)21-42(56-2)43(41)58-16-10-8-6-4-3-5-7-9-15-57-39-14-11-28(17-33(39)26-52)44-47-37-13-12-34(46)22-35(37)45(54)48-44/h11-14,17-22,40,44,47,50-53H,3-10,15-16,23-27H2,1-2H3,(H,48,54). The number of oxime groups is 1. The van der Waals surface area contributed by atoms with Gasteiger partial charge in [-0.1, -0.05) is 61.3 Å². The van der Waals surface area contributed by atoms with E-state index in [-0.39, 0.29) is 32.3 Å². The van der Waals surface area contributed by atoms with Crippen LogP contribution < -0.4 is 29.6 Å². The lowest BCUT2D eigenvalue weighted by molar-refractivity contribution is 0.0852. The van der Waals surface area contributed by atoms with Crippen molar-refractivity contribution in [2.45, 2.75) is 96.5 Å². The maximum Gasteiger partial charge on any atom is 0.255 e. The highest BCUT2D eigenvalue weighted by Crippen LogP contribution is 2.43. The number of nitrogens with one attached hydrogen (secondary N) is 2. The first-order valence-electron chi connectivity index (χ1n) is 20.1. The van der Waals surface area contributed by atoms with E-state index in [9.17, 15) is 25.2 Å². The normalized spacial score (nSPS) is 15.8. The number of hydrogen-bond donors (Lipinski definition) is 6. The van der Waals surface area contributed by atoms with Gasteiger partial charge in [-0.15, -0.1) is 0 Å². The molecule has 6 rings (SSSR count). The molecule has 2 aliphatic heterocycles. The van der Waals surface area contributed by atoms with Crippen LogP contribution in [-0.2, 0) is 31.3 Å². The van der Waals surface area contributed by atoms with Gasteiger partial charge < -0.3 is 54.8 Å². The molecule has 2 heterocycles. The zero-order valence-electron chi connectivity index (χ0n) is 33.6. The Bertz CT molecular complexity index is 2040. The van der Waals surface area contributed by atoms with Gasteiger partial charge in [0.2, 0.25) is 5.75 Å². The van der Waals surface area contributed by atoms with Crippen molar-refractivity contribution in [3.05, 3.63) is 110 Å². The van der Waals surface area contributed by atoms with Crippen LogP contribution in [0.5, 0.6) is 23.0 Å². The number of nitrogens with zero attached hydrogens (tertiary/aromatic N) is 1. The van der Waals surface area contributed by atoms with Gasteiger partial charge in [0.1, 0.15) is 11.9 Å². The Morgan fingerprint density at radius 1 is 0.695 bits per heavy atom. The summed E-state index contributed by atoms with van der Waals surface area (Å²) >= 11 is 6.06. The van der Waals surface area contributed by atoms with E-state index in [1.54, 1.807) is 44.6 Å². The summed E-state index contributed by atoms with van der Waals surface area (Å²) in [7, 11) is 3.17. The Labute approximate surface area is 349 Å². The van der Waals surface area contributed by atoms with Crippen LogP contribution in [-0.4, -0.2) is 59.5 Å². The molecular weight excluding hydrogens is 778 g/mol. The van der Waals surface area contributed by atoms with Crippen LogP contribution in [0.2, 0.25) is 5.02 Å². The van der Waals surface area contributed by atoms with Crippen LogP contribution in [0.1, 0.15) is 119 Å². The lowest BCUT2D eigenvalue weighted by Crippen LogP contribution is -2.38. The summed E-state index contributed by atoms with van der Waals surface area (Å²) in [5, 5.41) is 50.5. The van der Waals surface area contributed by atoms with Gasteiger partial charge in [-0.2, -0.15) is 0 Å². The summed E-state index contributed by atoms with van der Waals surface area (Å²) in [6.45, 7) is 0.0843. The lowest BCUT2D eigenvalue weighted by atomic mass is 9.93. The van der Waals surface area contributed by atoms with Gasteiger partial charge in [-0.25, -0.2) is 0 Å². The number of anilines is 1. The molecule has 316 valence electrons. The topological polar surface area (TPSA) is 181 Å². The minimum absolute atomic E-state index is 0.173. The first-order chi connectivity index (χ1) is 28.8. The molecule has 0 fully saturated rings. The average molecular weight is 832 g/mol. The van der Waals surface area contributed by atoms with Crippen LogP contribution in [0.4, 0.5) is 5.69 Å². The SMILES string of the molecule is COc1cc(C2CC(c3cc(CO)c(CO)c(CO)c3)=NO2)cc(OC)c1OCCCCCCCCCCOc1ccc(C2NC(=O)c3cc(Cl)ccc3N2)cc1CO. The fourth-order valence-corrected chi connectivity index (χ4v) is 7.64. The number of carbonyl (C=O) groups excluding carboxylic acids is 1. The molecule has 4 aromatic rings. The summed E-state index contributed by atoms with van der Waals surface area (Å²) in [4.78, 5) is 18.5. The third-order valence-corrected chi connectivity index (χ3v) is 11.0. The molecule has 0 saturated heterocycles. The first kappa shape index (κ1) is 43.5. The van der Waals surface area contributed by atoms with Crippen LogP contribution in [0.25, 0.3) is 0 Å². The molecule has 13 nitrogen and oxygen atoms in total. The van der Waals surface area contributed by atoms with Gasteiger partial charge in [0.15, 0.2) is 17.6 Å². The van der Waals surface area contributed by atoms with E-state index in [1.165, 1.54) is 0 Å². The lowest BCUT2D eigenvalue weighted by Gasteiger charge is -2.28. The van der Waals surface area contributed by atoms with E-state index >= 15 is 0 Å². The zero-order chi connectivity index (χ0) is 41.7. The predicted octanol–water partition coefficient (Wildman–Crippen LogP) is 7.62. The maximum atomic E-state index is 12.7. The molecule has 4 aromatic carbocycles. The van der Waals surface area contributed by atoms with Crippen LogP contribution in [0.15, 0.2) is 65.8 Å². The minimum Gasteiger partial charge on any atom is -0.493 e.